The van der Waals surface area contributed by atoms with E-state index < -0.39 is 0 Å². The average molecular weight is 338 g/mol. The highest BCUT2D eigenvalue weighted by Crippen LogP contribution is 2.31. The molecule has 3 fully saturated rings. The van der Waals surface area contributed by atoms with Gasteiger partial charge in [0.1, 0.15) is 0 Å². The summed E-state index contributed by atoms with van der Waals surface area (Å²) >= 11 is 0. The molecule has 124 valence electrons. The van der Waals surface area contributed by atoms with E-state index in [0.717, 1.165) is 38.0 Å². The van der Waals surface area contributed by atoms with Crippen LogP contribution in [-0.2, 0) is 4.79 Å². The maximum atomic E-state index is 12.0. The van der Waals surface area contributed by atoms with E-state index in [2.05, 4.69) is 22.5 Å². The van der Waals surface area contributed by atoms with E-state index in [9.17, 15) is 4.79 Å². The van der Waals surface area contributed by atoms with Crippen LogP contribution in [0.5, 0.6) is 0 Å². The molecule has 3 aliphatic rings. The quantitative estimate of drug-likeness (QED) is 0.804. The van der Waals surface area contributed by atoms with Gasteiger partial charge < -0.3 is 10.6 Å². The molecule has 1 amide bonds. The second-order valence-electron chi connectivity index (χ2n) is 6.73. The van der Waals surface area contributed by atoms with Crippen molar-refractivity contribution in [2.24, 2.45) is 11.8 Å². The number of hydrogen-bond acceptors (Lipinski definition) is 3. The smallest absolute Gasteiger partial charge is 0.220 e. The minimum atomic E-state index is 0. The number of hydrogen-bond donors (Lipinski definition) is 2. The molecule has 2 saturated heterocycles. The van der Waals surface area contributed by atoms with E-state index in [0.29, 0.717) is 18.4 Å². The highest BCUT2D eigenvalue weighted by molar-refractivity contribution is 5.85. The van der Waals surface area contributed by atoms with E-state index in [1.54, 1.807) is 0 Å². The van der Waals surface area contributed by atoms with Gasteiger partial charge in [0.25, 0.3) is 0 Å². The molecule has 0 radical (unpaired) electrons. The fraction of sp³-hybridized carbons (Fsp3) is 0.933. The van der Waals surface area contributed by atoms with Crippen LogP contribution >= 0.6 is 24.8 Å². The van der Waals surface area contributed by atoms with Gasteiger partial charge in [-0.3, -0.25) is 9.69 Å². The Labute approximate surface area is 140 Å². The summed E-state index contributed by atoms with van der Waals surface area (Å²) < 4.78 is 0. The number of nitrogens with zero attached hydrogens (tertiary/aromatic N) is 1. The van der Waals surface area contributed by atoms with Crippen molar-refractivity contribution in [1.82, 2.24) is 15.5 Å². The highest BCUT2D eigenvalue weighted by atomic mass is 35.5. The fourth-order valence-electron chi connectivity index (χ4n) is 3.51. The van der Waals surface area contributed by atoms with E-state index in [4.69, 9.17) is 0 Å². The number of amides is 1. The number of halogens is 2. The second kappa shape index (κ2) is 8.56. The molecule has 0 bridgehead atoms. The highest BCUT2D eigenvalue weighted by Gasteiger charge is 2.38. The Balaban J connectivity index is 0.00000110. The van der Waals surface area contributed by atoms with E-state index in [1.165, 1.54) is 25.8 Å². The summed E-state index contributed by atoms with van der Waals surface area (Å²) in [5, 5.41) is 6.63. The molecule has 0 aromatic rings. The third-order valence-electron chi connectivity index (χ3n) is 4.99. The summed E-state index contributed by atoms with van der Waals surface area (Å²) in [5.74, 6) is 1.59. The number of rotatable bonds is 5. The van der Waals surface area contributed by atoms with Crippen molar-refractivity contribution in [3.63, 3.8) is 0 Å². The first kappa shape index (κ1) is 19.0. The maximum absolute atomic E-state index is 12.0. The number of likely N-dealkylation sites (tertiary alicyclic amines) is 1. The topological polar surface area (TPSA) is 44.4 Å². The lowest BCUT2D eigenvalue weighted by molar-refractivity contribution is -0.122. The Bertz CT molecular complexity index is 333. The van der Waals surface area contributed by atoms with Crippen LogP contribution in [0.3, 0.4) is 0 Å². The van der Waals surface area contributed by atoms with Gasteiger partial charge in [0.2, 0.25) is 5.91 Å². The second-order valence-corrected chi connectivity index (χ2v) is 6.73. The molecule has 0 aromatic heterocycles. The van der Waals surface area contributed by atoms with Crippen LogP contribution < -0.4 is 10.6 Å². The van der Waals surface area contributed by atoms with Gasteiger partial charge in [0.05, 0.1) is 0 Å². The van der Waals surface area contributed by atoms with Crippen molar-refractivity contribution in [2.45, 2.75) is 51.1 Å². The monoisotopic (exact) mass is 337 g/mol. The summed E-state index contributed by atoms with van der Waals surface area (Å²) in [6, 6.07) is 1.21. The van der Waals surface area contributed by atoms with Gasteiger partial charge in [0, 0.05) is 31.6 Å². The molecule has 3 unspecified atom stereocenters. The third-order valence-corrected chi connectivity index (χ3v) is 4.99. The molecule has 2 N–H and O–H groups in total. The van der Waals surface area contributed by atoms with Crippen molar-refractivity contribution in [3.05, 3.63) is 0 Å². The Kier molecular flexibility index (Phi) is 7.75. The molecule has 1 saturated carbocycles. The molecular weight excluding hydrogens is 309 g/mol. The van der Waals surface area contributed by atoms with Crippen LogP contribution in [0.4, 0.5) is 0 Å². The van der Waals surface area contributed by atoms with Gasteiger partial charge in [-0.15, -0.1) is 24.8 Å². The van der Waals surface area contributed by atoms with Crippen molar-refractivity contribution in [1.29, 1.82) is 0 Å². The summed E-state index contributed by atoms with van der Waals surface area (Å²) in [5.41, 5.74) is 0. The maximum Gasteiger partial charge on any atom is 0.220 e. The standard InChI is InChI=1S/C15H27N3O.2ClH/c1-11-9-18(13-3-4-13)10-14(11)17-15(19)5-2-12-6-7-16-8-12;;/h11-14,16H,2-10H2,1H3,(H,17,19);2*1H. The summed E-state index contributed by atoms with van der Waals surface area (Å²) in [7, 11) is 0. The molecular formula is C15H29Cl2N3O. The van der Waals surface area contributed by atoms with Gasteiger partial charge >= 0.3 is 0 Å². The van der Waals surface area contributed by atoms with Crippen molar-refractivity contribution < 1.29 is 4.79 Å². The Hall–Kier alpha value is -0.0300. The van der Waals surface area contributed by atoms with Gasteiger partial charge in [-0.2, -0.15) is 0 Å². The number of carbonyl (C=O) groups excluding carboxylic acids is 1. The minimum absolute atomic E-state index is 0. The molecule has 6 heteroatoms. The largest absolute Gasteiger partial charge is 0.352 e. The predicted molar refractivity (Wildman–Crippen MR) is 90.4 cm³/mol. The zero-order valence-electron chi connectivity index (χ0n) is 12.8. The van der Waals surface area contributed by atoms with Crippen LogP contribution in [0, 0.1) is 11.8 Å². The number of nitrogens with one attached hydrogen (secondary N) is 2. The van der Waals surface area contributed by atoms with Crippen LogP contribution in [0.2, 0.25) is 0 Å². The molecule has 2 aliphatic heterocycles. The van der Waals surface area contributed by atoms with Gasteiger partial charge in [0.15, 0.2) is 0 Å². The molecule has 3 atom stereocenters. The van der Waals surface area contributed by atoms with E-state index in [1.807, 2.05) is 0 Å². The fourth-order valence-corrected chi connectivity index (χ4v) is 3.51. The first-order chi connectivity index (χ1) is 9.22. The average Bonchev–Trinajstić information content (AvgIpc) is 2.99. The lowest BCUT2D eigenvalue weighted by Gasteiger charge is -2.17. The predicted octanol–water partition coefficient (Wildman–Crippen LogP) is 1.82. The molecule has 2 heterocycles. The molecule has 1 aliphatic carbocycles. The first-order valence-electron chi connectivity index (χ1n) is 7.96. The zero-order chi connectivity index (χ0) is 13.2. The van der Waals surface area contributed by atoms with Crippen molar-refractivity contribution in [3.8, 4) is 0 Å². The Morgan fingerprint density at radius 3 is 2.62 bits per heavy atom. The van der Waals surface area contributed by atoms with Gasteiger partial charge in [-0.25, -0.2) is 0 Å². The Morgan fingerprint density at radius 1 is 1.24 bits per heavy atom. The van der Waals surface area contributed by atoms with Crippen LogP contribution in [0.15, 0.2) is 0 Å². The Morgan fingerprint density at radius 2 is 2.00 bits per heavy atom. The lowest BCUT2D eigenvalue weighted by Crippen LogP contribution is -2.40. The van der Waals surface area contributed by atoms with Crippen molar-refractivity contribution >= 4 is 30.7 Å². The minimum Gasteiger partial charge on any atom is -0.352 e. The summed E-state index contributed by atoms with van der Waals surface area (Å²) in [4.78, 5) is 14.6. The van der Waals surface area contributed by atoms with Crippen molar-refractivity contribution in [2.75, 3.05) is 26.2 Å². The third kappa shape index (κ3) is 5.27. The summed E-state index contributed by atoms with van der Waals surface area (Å²) in [6.07, 6.45) is 5.72. The zero-order valence-corrected chi connectivity index (χ0v) is 14.5. The molecule has 3 rings (SSSR count). The SMILES string of the molecule is CC1CN(C2CC2)CC1NC(=O)CCC1CCNC1.Cl.Cl. The van der Waals surface area contributed by atoms with Crippen LogP contribution in [0.25, 0.3) is 0 Å². The molecule has 21 heavy (non-hydrogen) atoms. The first-order valence-corrected chi connectivity index (χ1v) is 7.96. The van der Waals surface area contributed by atoms with E-state index >= 15 is 0 Å². The van der Waals surface area contributed by atoms with Gasteiger partial charge in [-0.05, 0) is 50.6 Å². The molecule has 4 nitrogen and oxygen atoms in total. The van der Waals surface area contributed by atoms with E-state index in [-0.39, 0.29) is 30.7 Å². The van der Waals surface area contributed by atoms with Crippen LogP contribution in [0.1, 0.15) is 39.0 Å². The summed E-state index contributed by atoms with van der Waals surface area (Å²) in [6.45, 7) is 6.74. The molecule has 0 spiro atoms. The number of carbonyl (C=O) groups is 1. The van der Waals surface area contributed by atoms with Gasteiger partial charge in [-0.1, -0.05) is 6.92 Å². The molecule has 0 aromatic carbocycles. The van der Waals surface area contributed by atoms with Crippen LogP contribution in [-0.4, -0.2) is 49.1 Å². The normalized spacial score (nSPS) is 32.3. The lowest BCUT2D eigenvalue weighted by atomic mass is 10.0.